The second-order valence-corrected chi connectivity index (χ2v) is 33.8. The van der Waals surface area contributed by atoms with Crippen LogP contribution in [0, 0.1) is 37.0 Å². The Labute approximate surface area is 583 Å². The highest BCUT2D eigenvalue weighted by molar-refractivity contribution is 6.76. The lowest BCUT2D eigenvalue weighted by Gasteiger charge is -2.39. The summed E-state index contributed by atoms with van der Waals surface area (Å²) < 4.78 is 38.9. The van der Waals surface area contributed by atoms with E-state index in [0.29, 0.717) is 73.8 Å². The van der Waals surface area contributed by atoms with Crippen molar-refractivity contribution >= 4 is 61.1 Å². The lowest BCUT2D eigenvalue weighted by atomic mass is 9.88. The van der Waals surface area contributed by atoms with Crippen LogP contribution in [0.25, 0.3) is 11.1 Å². The second-order valence-electron chi connectivity index (χ2n) is 28.2. The summed E-state index contributed by atoms with van der Waals surface area (Å²) in [5.41, 5.74) is 10.9. The molecule has 29 nitrogen and oxygen atoms in total. The summed E-state index contributed by atoms with van der Waals surface area (Å²) in [7, 11) is 0.0569. The molecule has 2 aliphatic carbocycles. The molecule has 3 aliphatic rings. The monoisotopic (exact) mass is 1400 g/mol. The molecule has 0 spiro atoms. The van der Waals surface area contributed by atoms with Gasteiger partial charge in [0, 0.05) is 88.9 Å². The van der Waals surface area contributed by atoms with E-state index in [1.54, 1.807) is 52.3 Å². The van der Waals surface area contributed by atoms with Gasteiger partial charge < -0.3 is 65.2 Å². The highest BCUT2D eigenvalue weighted by Crippen LogP contribution is 2.51. The number of pyridine rings is 1. The van der Waals surface area contributed by atoms with Gasteiger partial charge in [0.2, 0.25) is 29.5 Å². The van der Waals surface area contributed by atoms with Gasteiger partial charge in [0.05, 0.1) is 50.4 Å². The van der Waals surface area contributed by atoms with Crippen molar-refractivity contribution in [1.29, 1.82) is 0 Å². The van der Waals surface area contributed by atoms with E-state index in [9.17, 15) is 38.4 Å². The molecule has 100 heavy (non-hydrogen) atoms. The molecule has 538 valence electrons. The number of carbonyl (C=O) groups excluding carboxylic acids is 8. The van der Waals surface area contributed by atoms with Gasteiger partial charge in [-0.3, -0.25) is 38.2 Å². The number of amides is 7. The number of methoxy groups -OCH3 is 1. The Bertz CT molecular complexity index is 3780. The molecule has 4 aromatic heterocycles. The fourth-order valence-corrected chi connectivity index (χ4v) is 12.4. The highest BCUT2D eigenvalue weighted by atomic mass is 28.3. The molecule has 30 heteroatoms. The average Bonchev–Trinajstić information content (AvgIpc) is 1.63. The number of hydrogen-bond acceptors (Lipinski definition) is 19. The van der Waals surface area contributed by atoms with Gasteiger partial charge in [-0.25, -0.2) is 19.1 Å². The topological polar surface area (TPSA) is 352 Å². The van der Waals surface area contributed by atoms with Crippen molar-refractivity contribution in [2.24, 2.45) is 28.9 Å². The number of esters is 1. The number of nitrogens with one attached hydrogen (secondary N) is 4. The van der Waals surface area contributed by atoms with E-state index in [2.05, 4.69) is 61.3 Å². The maximum Gasteiger partial charge on any atom is 0.328 e. The van der Waals surface area contributed by atoms with Crippen LogP contribution in [0.3, 0.4) is 0 Å². The van der Waals surface area contributed by atoms with Crippen molar-refractivity contribution in [2.75, 3.05) is 71.6 Å². The minimum Gasteiger partial charge on any atom is -0.484 e. The molecule has 6 aromatic rings. The molecule has 6 N–H and O–H groups in total. The highest BCUT2D eigenvalue weighted by Gasteiger charge is 2.48. The van der Waals surface area contributed by atoms with Crippen LogP contribution in [0.4, 0.5) is 5.69 Å². The lowest BCUT2D eigenvalue weighted by Crippen LogP contribution is -2.56. The van der Waals surface area contributed by atoms with E-state index in [1.807, 2.05) is 63.6 Å². The molecule has 2 saturated carbocycles. The van der Waals surface area contributed by atoms with Crippen LogP contribution < -0.4 is 36.5 Å². The maximum atomic E-state index is 14.3. The number of anilines is 1. The van der Waals surface area contributed by atoms with Crippen molar-refractivity contribution in [3.8, 4) is 28.5 Å². The number of nitrogens with two attached hydrogens (primary N) is 1. The Morgan fingerprint density at radius 1 is 0.850 bits per heavy atom. The summed E-state index contributed by atoms with van der Waals surface area (Å²) in [4.78, 5) is 112. The zero-order valence-corrected chi connectivity index (χ0v) is 59.7. The number of ether oxygens (including phenoxy) is 6. The number of hydrogen-bond donors (Lipinski definition) is 5. The van der Waals surface area contributed by atoms with Gasteiger partial charge in [0.25, 0.3) is 17.7 Å². The number of aryl methyl sites for hydroxylation is 2. The van der Waals surface area contributed by atoms with Gasteiger partial charge in [-0.15, -0.1) is 5.10 Å². The largest absolute Gasteiger partial charge is 0.484 e. The molecular weight excluding hydrogens is 1300 g/mol. The van der Waals surface area contributed by atoms with Crippen molar-refractivity contribution in [3.05, 3.63) is 114 Å². The first-order valence-corrected chi connectivity index (χ1v) is 37.8. The normalized spacial score (nSPS) is 14.6. The SMILES string of the molecule is COC(=O)[C@H](CCC(C)(C)C)NC(=O)c1ccc(Oc2cccc(OCC(=O)N(CCOC3CN(C(=O)COCc4cn(CC(=O)NCCCn5nccc5C(=O)N[C@H](C(=O)Nc5ccc(-c6c(C)nn(COCC[Si](C)(C)C)c6C)cc5)C(C5CC5)C5CC5)nn4)C3)CC(N)=O)c2)nc1. The number of primary amides is 1. The van der Waals surface area contributed by atoms with Crippen LogP contribution >= 0.6 is 0 Å². The third kappa shape index (κ3) is 22.6. The summed E-state index contributed by atoms with van der Waals surface area (Å²) >= 11 is 0. The van der Waals surface area contributed by atoms with Crippen molar-refractivity contribution in [2.45, 2.75) is 150 Å². The average molecular weight is 1400 g/mol. The summed E-state index contributed by atoms with van der Waals surface area (Å²) in [5.74, 6) is -2.02. The summed E-state index contributed by atoms with van der Waals surface area (Å²) in [6.45, 7) is 18.3. The summed E-state index contributed by atoms with van der Waals surface area (Å²) in [5, 5.41) is 29.1. The number of nitrogens with zero attached hydrogens (tertiary/aromatic N) is 10. The maximum absolute atomic E-state index is 14.3. The van der Waals surface area contributed by atoms with Crippen molar-refractivity contribution in [1.82, 2.24) is 65.3 Å². The standard InChI is InChI=1S/C70H95N15O14Si/c1-45-63(46(2)85(79-45)44-95-32-33-100(7,8)9)47-18-21-51(22-19-47)75-68(92)65(64(48-14-15-48)49-16-17-49)77-67(91)57-25-28-74-84(57)29-11-27-72-59(87)40-83-36-52(78-80-83)41-96-42-61(88)82-37-55(38-82)97-31-30-81(39-58(71)86)62(89)43-98-53-12-10-13-54(34-53)99-60-23-20-50(35-73-60)66(90)76-56(69(93)94-6)24-26-70(3,4)5/h10,12-13,18-23,25,28,34-36,48-49,55-56,64-65H,11,14-17,24,26-27,29-33,37-44H2,1-9H3,(H2,71,86)(H,72,87)(H,75,92)(H,76,90)(H,77,91)/t56-,65-/m0/s1. The van der Waals surface area contributed by atoms with E-state index in [-0.39, 0.29) is 111 Å². The van der Waals surface area contributed by atoms with Gasteiger partial charge in [0.15, 0.2) is 6.61 Å². The summed E-state index contributed by atoms with van der Waals surface area (Å²) in [6.07, 6.45) is 9.74. The Morgan fingerprint density at radius 3 is 2.27 bits per heavy atom. The van der Waals surface area contributed by atoms with E-state index in [0.717, 1.165) is 54.2 Å². The number of benzene rings is 2. The molecule has 9 rings (SSSR count). The minimum absolute atomic E-state index is 0.0159. The predicted molar refractivity (Wildman–Crippen MR) is 370 cm³/mol. The fraction of sp³-hybridized carbons (Fsp3) is 0.529. The third-order valence-corrected chi connectivity index (χ3v) is 19.2. The minimum atomic E-state index is -1.21. The van der Waals surface area contributed by atoms with E-state index < -0.39 is 56.4 Å². The zero-order chi connectivity index (χ0) is 71.7. The Balaban J connectivity index is 0.643. The van der Waals surface area contributed by atoms with Gasteiger partial charge in [-0.1, -0.05) is 63.8 Å². The number of rotatable bonds is 39. The van der Waals surface area contributed by atoms with Crippen LogP contribution in [0.2, 0.25) is 25.7 Å². The first kappa shape index (κ1) is 74.8. The number of carbonyl (C=O) groups is 8. The molecule has 2 atom stereocenters. The zero-order valence-electron chi connectivity index (χ0n) is 58.7. The van der Waals surface area contributed by atoms with Crippen LogP contribution in [0.5, 0.6) is 17.4 Å². The van der Waals surface area contributed by atoms with Gasteiger partial charge in [0.1, 0.15) is 54.9 Å². The quantitative estimate of drug-likeness (QED) is 0.0166. The van der Waals surface area contributed by atoms with Crippen molar-refractivity contribution < 1.29 is 66.8 Å². The van der Waals surface area contributed by atoms with Crippen LogP contribution in [0.15, 0.2) is 85.3 Å². The third-order valence-electron chi connectivity index (χ3n) is 17.5. The smallest absolute Gasteiger partial charge is 0.328 e. The van der Waals surface area contributed by atoms with Gasteiger partial charge in [-0.05, 0) is 130 Å². The van der Waals surface area contributed by atoms with E-state index >= 15 is 0 Å². The molecule has 5 heterocycles. The molecule has 0 unspecified atom stereocenters. The lowest BCUT2D eigenvalue weighted by molar-refractivity contribution is -0.151. The molecule has 1 saturated heterocycles. The van der Waals surface area contributed by atoms with Gasteiger partial charge >= 0.3 is 5.97 Å². The van der Waals surface area contributed by atoms with Crippen molar-refractivity contribution in [3.63, 3.8) is 0 Å². The second kappa shape index (κ2) is 34.6. The molecule has 3 fully saturated rings. The first-order valence-electron chi connectivity index (χ1n) is 34.1. The molecule has 2 aromatic carbocycles. The molecule has 0 bridgehead atoms. The Kier molecular flexibility index (Phi) is 25.9. The predicted octanol–water partition coefficient (Wildman–Crippen LogP) is 6.07. The molecule has 7 amide bonds. The number of aromatic nitrogens is 8. The molecule has 0 radical (unpaired) electrons. The fourth-order valence-electron chi connectivity index (χ4n) is 11.7. The molecule has 1 aliphatic heterocycles. The van der Waals surface area contributed by atoms with E-state index in [1.165, 1.54) is 35.0 Å². The Morgan fingerprint density at radius 2 is 1.59 bits per heavy atom. The summed E-state index contributed by atoms with van der Waals surface area (Å²) in [6, 6.07) is 18.3. The molecular formula is C70H95N15O14Si. The van der Waals surface area contributed by atoms with Gasteiger partial charge in [-0.2, -0.15) is 10.2 Å². The van der Waals surface area contributed by atoms with Crippen LogP contribution in [-0.2, 0) is 74.1 Å². The Hall–Kier alpha value is -9.39. The first-order chi connectivity index (χ1) is 47.8. The van der Waals surface area contributed by atoms with E-state index in [4.69, 9.17) is 39.3 Å². The number of likely N-dealkylation sites (tertiary alicyclic amines) is 1. The van der Waals surface area contributed by atoms with Crippen LogP contribution in [-0.4, -0.2) is 189 Å². The van der Waals surface area contributed by atoms with Crippen LogP contribution in [0.1, 0.15) is 104 Å².